The van der Waals surface area contributed by atoms with Crippen molar-refractivity contribution in [2.75, 3.05) is 0 Å². The Bertz CT molecular complexity index is 2210. The molecule has 192 valence electrons. The Morgan fingerprint density at radius 1 is 0.463 bits per heavy atom. The number of nitrogens with zero attached hydrogens (tertiary/aromatic N) is 4. The highest BCUT2D eigenvalue weighted by atomic mass is 16.3. The minimum absolute atomic E-state index is 0.558. The van der Waals surface area contributed by atoms with Crippen LogP contribution in [0.25, 0.3) is 78.1 Å². The van der Waals surface area contributed by atoms with Crippen LogP contribution in [0.4, 0.5) is 0 Å². The maximum Gasteiger partial charge on any atom is 0.228 e. The van der Waals surface area contributed by atoms with Gasteiger partial charge in [0.15, 0.2) is 17.5 Å². The summed E-state index contributed by atoms with van der Waals surface area (Å²) in [6.45, 7) is 0. The smallest absolute Gasteiger partial charge is 0.228 e. The lowest BCUT2D eigenvalue weighted by Crippen LogP contribution is -2.00. The molecule has 0 fully saturated rings. The van der Waals surface area contributed by atoms with Crippen molar-refractivity contribution >= 4 is 32.8 Å². The lowest BCUT2D eigenvalue weighted by molar-refractivity contribution is 0.657. The molecular formula is C36H22N4O. The summed E-state index contributed by atoms with van der Waals surface area (Å²) in [5.74, 6) is 1.79. The molecule has 0 aliphatic rings. The van der Waals surface area contributed by atoms with Gasteiger partial charge in [-0.15, -0.1) is 0 Å². The molecule has 3 heterocycles. The first kappa shape index (κ1) is 23.2. The van der Waals surface area contributed by atoms with Gasteiger partial charge in [-0.25, -0.2) is 19.9 Å². The molecule has 0 amide bonds. The van der Waals surface area contributed by atoms with Crippen LogP contribution in [0, 0.1) is 0 Å². The van der Waals surface area contributed by atoms with Gasteiger partial charge in [0, 0.05) is 33.7 Å². The molecule has 0 bridgehead atoms. The zero-order chi connectivity index (χ0) is 27.2. The molecule has 0 atom stereocenters. The summed E-state index contributed by atoms with van der Waals surface area (Å²) in [5, 5.41) is 4.04. The van der Waals surface area contributed by atoms with E-state index in [1.165, 1.54) is 0 Å². The number of furan rings is 1. The minimum Gasteiger partial charge on any atom is -0.437 e. The second kappa shape index (κ2) is 9.50. The predicted molar refractivity (Wildman–Crippen MR) is 164 cm³/mol. The van der Waals surface area contributed by atoms with Crippen LogP contribution in [0.5, 0.6) is 0 Å². The Morgan fingerprint density at radius 3 is 1.95 bits per heavy atom. The molecule has 0 aliphatic carbocycles. The second-order valence-corrected chi connectivity index (χ2v) is 9.92. The standard InChI is InChI=1S/C36H22N4O/c1-3-10-23(11-4-1)26-15-9-16-27(22-26)34-38-33(25-13-5-2-6-14-25)39-35(40-34)30-20-21-37-36-31(30)29-19-18-24-12-7-8-17-28(24)32(29)41-36/h1-22H. The van der Waals surface area contributed by atoms with E-state index in [4.69, 9.17) is 19.4 Å². The Hall–Kier alpha value is -5.68. The first-order valence-electron chi connectivity index (χ1n) is 13.5. The van der Waals surface area contributed by atoms with Gasteiger partial charge in [-0.3, -0.25) is 0 Å². The molecule has 0 radical (unpaired) electrons. The highest BCUT2D eigenvalue weighted by Gasteiger charge is 2.19. The fourth-order valence-corrected chi connectivity index (χ4v) is 5.42. The third-order valence-corrected chi connectivity index (χ3v) is 7.40. The van der Waals surface area contributed by atoms with Crippen LogP contribution in [-0.4, -0.2) is 19.9 Å². The van der Waals surface area contributed by atoms with Gasteiger partial charge < -0.3 is 4.42 Å². The molecular weight excluding hydrogens is 504 g/mol. The van der Waals surface area contributed by atoms with Crippen molar-refractivity contribution in [2.45, 2.75) is 0 Å². The van der Waals surface area contributed by atoms with Crippen LogP contribution in [0.2, 0.25) is 0 Å². The summed E-state index contributed by atoms with van der Waals surface area (Å²) in [7, 11) is 0. The molecule has 0 aliphatic heterocycles. The third-order valence-electron chi connectivity index (χ3n) is 7.40. The SMILES string of the molecule is c1ccc(-c2cccc(-c3nc(-c4ccccc4)nc(-c4ccnc5oc6c7ccccc7ccc6c45)n3)c2)cc1. The Balaban J connectivity index is 1.38. The van der Waals surface area contributed by atoms with Crippen molar-refractivity contribution in [2.24, 2.45) is 0 Å². The van der Waals surface area contributed by atoms with Crippen LogP contribution < -0.4 is 0 Å². The number of fused-ring (bicyclic) bond motifs is 5. The largest absolute Gasteiger partial charge is 0.437 e. The molecule has 5 heteroatoms. The highest BCUT2D eigenvalue weighted by Crippen LogP contribution is 2.38. The molecule has 3 aromatic heterocycles. The number of pyridine rings is 1. The predicted octanol–water partition coefficient (Wildman–Crippen LogP) is 8.99. The number of rotatable bonds is 4. The molecule has 0 saturated heterocycles. The summed E-state index contributed by atoms with van der Waals surface area (Å²) in [5.41, 5.74) is 6.30. The average molecular weight is 527 g/mol. The van der Waals surface area contributed by atoms with Crippen molar-refractivity contribution in [3.05, 3.63) is 134 Å². The Kier molecular flexibility index (Phi) is 5.38. The van der Waals surface area contributed by atoms with Crippen molar-refractivity contribution in [1.82, 2.24) is 19.9 Å². The van der Waals surface area contributed by atoms with Crippen LogP contribution in [0.1, 0.15) is 0 Å². The van der Waals surface area contributed by atoms with E-state index in [2.05, 4.69) is 53.5 Å². The van der Waals surface area contributed by atoms with Gasteiger partial charge in [0.2, 0.25) is 5.71 Å². The van der Waals surface area contributed by atoms with Gasteiger partial charge in [0.1, 0.15) is 5.58 Å². The van der Waals surface area contributed by atoms with E-state index in [1.807, 2.05) is 78.9 Å². The number of aromatic nitrogens is 4. The summed E-state index contributed by atoms with van der Waals surface area (Å²) in [4.78, 5) is 19.6. The fraction of sp³-hybridized carbons (Fsp3) is 0. The molecule has 0 unspecified atom stereocenters. The summed E-state index contributed by atoms with van der Waals surface area (Å²) in [6.07, 6.45) is 1.75. The van der Waals surface area contributed by atoms with Gasteiger partial charge in [-0.1, -0.05) is 109 Å². The summed E-state index contributed by atoms with van der Waals surface area (Å²) < 4.78 is 6.34. The summed E-state index contributed by atoms with van der Waals surface area (Å²) in [6, 6.07) is 43.1. The lowest BCUT2D eigenvalue weighted by Gasteiger charge is -2.10. The van der Waals surface area contributed by atoms with Crippen molar-refractivity contribution in [3.63, 3.8) is 0 Å². The van der Waals surface area contributed by atoms with Crippen molar-refractivity contribution in [1.29, 1.82) is 0 Å². The van der Waals surface area contributed by atoms with Crippen LogP contribution >= 0.6 is 0 Å². The second-order valence-electron chi connectivity index (χ2n) is 9.92. The van der Waals surface area contributed by atoms with E-state index in [9.17, 15) is 0 Å². The number of benzene rings is 5. The minimum atomic E-state index is 0.558. The first-order valence-corrected chi connectivity index (χ1v) is 13.5. The lowest BCUT2D eigenvalue weighted by atomic mass is 10.0. The zero-order valence-corrected chi connectivity index (χ0v) is 21.9. The maximum absolute atomic E-state index is 6.34. The van der Waals surface area contributed by atoms with E-state index in [-0.39, 0.29) is 0 Å². The monoisotopic (exact) mass is 526 g/mol. The first-order chi connectivity index (χ1) is 20.3. The average Bonchev–Trinajstić information content (AvgIpc) is 3.45. The van der Waals surface area contributed by atoms with Gasteiger partial charge in [0.05, 0.1) is 5.39 Å². The normalized spacial score (nSPS) is 11.4. The topological polar surface area (TPSA) is 64.7 Å². The Morgan fingerprint density at radius 2 is 1.12 bits per heavy atom. The van der Waals surface area contributed by atoms with Crippen LogP contribution in [-0.2, 0) is 0 Å². The van der Waals surface area contributed by atoms with Gasteiger partial charge in [0.25, 0.3) is 0 Å². The Labute approximate surface area is 235 Å². The van der Waals surface area contributed by atoms with E-state index in [0.29, 0.717) is 23.2 Å². The number of hydrogen-bond donors (Lipinski definition) is 0. The van der Waals surface area contributed by atoms with Crippen molar-refractivity contribution in [3.8, 4) is 45.3 Å². The molecule has 8 rings (SSSR count). The van der Waals surface area contributed by atoms with Crippen LogP contribution in [0.15, 0.2) is 138 Å². The quantitative estimate of drug-likeness (QED) is 0.229. The fourth-order valence-electron chi connectivity index (χ4n) is 5.42. The molecule has 8 aromatic rings. The van der Waals surface area contributed by atoms with E-state index < -0.39 is 0 Å². The summed E-state index contributed by atoms with van der Waals surface area (Å²) >= 11 is 0. The third kappa shape index (κ3) is 4.03. The van der Waals surface area contributed by atoms with E-state index in [1.54, 1.807) is 6.20 Å². The molecule has 0 spiro atoms. The van der Waals surface area contributed by atoms with Gasteiger partial charge >= 0.3 is 0 Å². The molecule has 0 saturated carbocycles. The zero-order valence-electron chi connectivity index (χ0n) is 21.9. The van der Waals surface area contributed by atoms with E-state index in [0.717, 1.165) is 54.9 Å². The molecule has 0 N–H and O–H groups in total. The van der Waals surface area contributed by atoms with Crippen LogP contribution in [0.3, 0.4) is 0 Å². The molecule has 5 nitrogen and oxygen atoms in total. The molecule has 41 heavy (non-hydrogen) atoms. The number of hydrogen-bond acceptors (Lipinski definition) is 5. The van der Waals surface area contributed by atoms with E-state index >= 15 is 0 Å². The van der Waals surface area contributed by atoms with Gasteiger partial charge in [-0.2, -0.15) is 0 Å². The maximum atomic E-state index is 6.34. The van der Waals surface area contributed by atoms with Gasteiger partial charge in [-0.05, 0) is 34.7 Å². The highest BCUT2D eigenvalue weighted by molar-refractivity contribution is 6.17. The molecule has 5 aromatic carbocycles. The van der Waals surface area contributed by atoms with Crippen molar-refractivity contribution < 1.29 is 4.42 Å².